The first-order valence-electron chi connectivity index (χ1n) is 8.16. The zero-order chi connectivity index (χ0) is 19.2. The minimum Gasteiger partial charge on any atom is -0.437 e. The van der Waals surface area contributed by atoms with Gasteiger partial charge < -0.3 is 15.8 Å². The van der Waals surface area contributed by atoms with Gasteiger partial charge in [-0.15, -0.1) is 0 Å². The van der Waals surface area contributed by atoms with Crippen molar-refractivity contribution in [2.24, 2.45) is 0 Å². The highest BCUT2D eigenvalue weighted by atomic mass is 16.5. The fourth-order valence-corrected chi connectivity index (χ4v) is 2.32. The molecule has 0 radical (unpaired) electrons. The normalized spacial score (nSPS) is 10.4. The van der Waals surface area contributed by atoms with Crippen molar-refractivity contribution >= 4 is 11.9 Å². The number of aromatic nitrogens is 4. The molecule has 0 atom stereocenters. The molecule has 0 saturated heterocycles. The standard InChI is InChI=1S/C18H18N6O3/c1-11-4-5-14(10-21-11)27-17-12(3-2-6-20-17)9-22-15(25)7-13-8-16(26)24-18(19)23-13/h2-6,8,10H,7,9H2,1H3,(H,22,25)(H3,19,23,24,26). The Morgan fingerprint density at radius 3 is 2.89 bits per heavy atom. The number of anilines is 1. The molecule has 0 saturated carbocycles. The highest BCUT2D eigenvalue weighted by Crippen LogP contribution is 2.22. The topological polar surface area (TPSA) is 136 Å². The van der Waals surface area contributed by atoms with Gasteiger partial charge in [-0.2, -0.15) is 0 Å². The number of nitrogens with zero attached hydrogens (tertiary/aromatic N) is 3. The molecule has 9 nitrogen and oxygen atoms in total. The third kappa shape index (κ3) is 5.11. The molecule has 0 aliphatic heterocycles. The summed E-state index contributed by atoms with van der Waals surface area (Å²) in [6.07, 6.45) is 3.15. The summed E-state index contributed by atoms with van der Waals surface area (Å²) in [7, 11) is 0. The summed E-state index contributed by atoms with van der Waals surface area (Å²) < 4.78 is 5.75. The average molecular weight is 366 g/mol. The van der Waals surface area contributed by atoms with Crippen molar-refractivity contribution in [2.75, 3.05) is 5.73 Å². The first kappa shape index (κ1) is 18.1. The quantitative estimate of drug-likeness (QED) is 0.594. The highest BCUT2D eigenvalue weighted by Gasteiger charge is 2.10. The van der Waals surface area contributed by atoms with E-state index in [-0.39, 0.29) is 24.8 Å². The molecule has 3 aromatic heterocycles. The SMILES string of the molecule is Cc1ccc(Oc2ncccc2CNC(=O)Cc2cc(=O)[nH]c(N)n2)cn1. The predicted octanol–water partition coefficient (Wildman–Crippen LogP) is 1.10. The minimum atomic E-state index is -0.403. The molecular formula is C18H18N6O3. The Bertz CT molecular complexity index is 1000. The second-order valence-electron chi connectivity index (χ2n) is 5.78. The number of nitrogens with two attached hydrogens (primary N) is 1. The molecule has 0 fully saturated rings. The minimum absolute atomic E-state index is 0.0278. The fourth-order valence-electron chi connectivity index (χ4n) is 2.32. The molecule has 3 rings (SSSR count). The van der Waals surface area contributed by atoms with E-state index in [1.54, 1.807) is 30.6 Å². The summed E-state index contributed by atoms with van der Waals surface area (Å²) in [6.45, 7) is 2.09. The number of aryl methyl sites for hydroxylation is 1. The van der Waals surface area contributed by atoms with Crippen LogP contribution in [0.4, 0.5) is 5.95 Å². The lowest BCUT2D eigenvalue weighted by atomic mass is 10.2. The third-order valence-corrected chi connectivity index (χ3v) is 3.58. The second kappa shape index (κ2) is 8.09. The number of amides is 1. The van der Waals surface area contributed by atoms with Crippen LogP contribution >= 0.6 is 0 Å². The lowest BCUT2D eigenvalue weighted by molar-refractivity contribution is -0.120. The number of aromatic amines is 1. The van der Waals surface area contributed by atoms with Gasteiger partial charge in [0.05, 0.1) is 18.3 Å². The number of H-pyrrole nitrogens is 1. The van der Waals surface area contributed by atoms with Gasteiger partial charge in [0.15, 0.2) is 0 Å². The Morgan fingerprint density at radius 1 is 1.30 bits per heavy atom. The van der Waals surface area contributed by atoms with Gasteiger partial charge in [0, 0.05) is 30.1 Å². The van der Waals surface area contributed by atoms with Crippen LogP contribution in [-0.2, 0) is 17.8 Å². The molecule has 0 aliphatic carbocycles. The average Bonchev–Trinajstić information content (AvgIpc) is 2.62. The van der Waals surface area contributed by atoms with Gasteiger partial charge in [-0.25, -0.2) is 9.97 Å². The molecule has 3 heterocycles. The number of hydrogen-bond acceptors (Lipinski definition) is 7. The van der Waals surface area contributed by atoms with E-state index in [0.29, 0.717) is 22.9 Å². The van der Waals surface area contributed by atoms with E-state index in [1.807, 2.05) is 13.0 Å². The first-order valence-corrected chi connectivity index (χ1v) is 8.16. The van der Waals surface area contributed by atoms with Crippen molar-refractivity contribution in [3.8, 4) is 11.6 Å². The van der Waals surface area contributed by atoms with Crippen LogP contribution in [0.3, 0.4) is 0 Å². The van der Waals surface area contributed by atoms with Crippen molar-refractivity contribution in [1.82, 2.24) is 25.3 Å². The van der Waals surface area contributed by atoms with Gasteiger partial charge in [0.1, 0.15) is 5.75 Å². The fraction of sp³-hybridized carbons (Fsp3) is 0.167. The van der Waals surface area contributed by atoms with Crippen molar-refractivity contribution in [2.45, 2.75) is 19.9 Å². The molecule has 1 amide bonds. The third-order valence-electron chi connectivity index (χ3n) is 3.58. The van der Waals surface area contributed by atoms with Crippen molar-refractivity contribution < 1.29 is 9.53 Å². The van der Waals surface area contributed by atoms with Crippen LogP contribution in [0.5, 0.6) is 11.6 Å². The first-order chi connectivity index (χ1) is 13.0. The van der Waals surface area contributed by atoms with Gasteiger partial charge >= 0.3 is 0 Å². The van der Waals surface area contributed by atoms with Gasteiger partial charge in [0.25, 0.3) is 5.56 Å². The molecular weight excluding hydrogens is 348 g/mol. The van der Waals surface area contributed by atoms with E-state index in [9.17, 15) is 9.59 Å². The summed E-state index contributed by atoms with van der Waals surface area (Å²) in [5.41, 5.74) is 6.94. The summed E-state index contributed by atoms with van der Waals surface area (Å²) >= 11 is 0. The lowest BCUT2D eigenvalue weighted by Gasteiger charge is -2.11. The molecule has 0 unspecified atom stereocenters. The largest absolute Gasteiger partial charge is 0.437 e. The summed E-state index contributed by atoms with van der Waals surface area (Å²) in [5.74, 6) is 0.594. The number of carbonyl (C=O) groups is 1. The van der Waals surface area contributed by atoms with Crippen LogP contribution in [0, 0.1) is 6.92 Å². The van der Waals surface area contributed by atoms with Crippen molar-refractivity contribution in [3.05, 3.63) is 70.0 Å². The zero-order valence-corrected chi connectivity index (χ0v) is 14.6. The van der Waals surface area contributed by atoms with Crippen LogP contribution in [-0.4, -0.2) is 25.8 Å². The number of nitrogen functional groups attached to an aromatic ring is 1. The molecule has 3 aromatic rings. The van der Waals surface area contributed by atoms with E-state index in [1.165, 1.54) is 6.07 Å². The Hall–Kier alpha value is -3.75. The Morgan fingerprint density at radius 2 is 2.15 bits per heavy atom. The van der Waals surface area contributed by atoms with E-state index >= 15 is 0 Å². The Balaban J connectivity index is 1.64. The number of nitrogens with one attached hydrogen (secondary N) is 2. The number of pyridine rings is 2. The molecule has 0 aliphatic rings. The number of carbonyl (C=O) groups excluding carboxylic acids is 1. The van der Waals surface area contributed by atoms with Crippen molar-refractivity contribution in [3.63, 3.8) is 0 Å². The van der Waals surface area contributed by atoms with Gasteiger partial charge in [0.2, 0.25) is 17.7 Å². The maximum absolute atomic E-state index is 12.1. The smallest absolute Gasteiger partial charge is 0.252 e. The van der Waals surface area contributed by atoms with Gasteiger partial charge in [-0.1, -0.05) is 6.07 Å². The monoisotopic (exact) mass is 366 g/mol. The molecule has 9 heteroatoms. The van der Waals surface area contributed by atoms with Crippen LogP contribution in [0.2, 0.25) is 0 Å². The number of ether oxygens (including phenoxy) is 1. The molecule has 0 aromatic carbocycles. The summed E-state index contributed by atoms with van der Waals surface area (Å²) in [4.78, 5) is 38.1. The molecule has 0 bridgehead atoms. The summed E-state index contributed by atoms with van der Waals surface area (Å²) in [6, 6.07) is 8.41. The van der Waals surface area contributed by atoms with Crippen LogP contribution in [0.25, 0.3) is 0 Å². The number of rotatable bonds is 6. The maximum atomic E-state index is 12.1. The van der Waals surface area contributed by atoms with Crippen LogP contribution < -0.4 is 21.3 Å². The van der Waals surface area contributed by atoms with Crippen LogP contribution in [0.1, 0.15) is 17.0 Å². The van der Waals surface area contributed by atoms with E-state index < -0.39 is 5.56 Å². The predicted molar refractivity (Wildman–Crippen MR) is 98.1 cm³/mol. The van der Waals surface area contributed by atoms with E-state index in [0.717, 1.165) is 5.69 Å². The molecule has 4 N–H and O–H groups in total. The summed E-state index contributed by atoms with van der Waals surface area (Å²) in [5, 5.41) is 2.75. The lowest BCUT2D eigenvalue weighted by Crippen LogP contribution is -2.26. The maximum Gasteiger partial charge on any atom is 0.252 e. The van der Waals surface area contributed by atoms with Gasteiger partial charge in [-0.05, 0) is 25.1 Å². The highest BCUT2D eigenvalue weighted by molar-refractivity contribution is 5.78. The Labute approximate surface area is 154 Å². The molecule has 0 spiro atoms. The van der Waals surface area contributed by atoms with E-state index in [4.69, 9.17) is 10.5 Å². The molecule has 138 valence electrons. The Kier molecular flexibility index (Phi) is 5.41. The second-order valence-corrected chi connectivity index (χ2v) is 5.78. The zero-order valence-electron chi connectivity index (χ0n) is 14.6. The van der Waals surface area contributed by atoms with Crippen molar-refractivity contribution in [1.29, 1.82) is 0 Å². The molecule has 27 heavy (non-hydrogen) atoms. The number of hydrogen-bond donors (Lipinski definition) is 3. The van der Waals surface area contributed by atoms with Crippen LogP contribution in [0.15, 0.2) is 47.5 Å². The van der Waals surface area contributed by atoms with E-state index in [2.05, 4.69) is 25.3 Å². The van der Waals surface area contributed by atoms with Gasteiger partial charge in [-0.3, -0.25) is 19.6 Å².